The minimum atomic E-state index is 0.309. The predicted octanol–water partition coefficient (Wildman–Crippen LogP) is 4.94. The van der Waals surface area contributed by atoms with Crippen molar-refractivity contribution < 1.29 is 0 Å². The van der Waals surface area contributed by atoms with E-state index in [2.05, 4.69) is 49.1 Å². The summed E-state index contributed by atoms with van der Waals surface area (Å²) in [4.78, 5) is 2.83. The Bertz CT molecular complexity index is 736. The summed E-state index contributed by atoms with van der Waals surface area (Å²) in [5.41, 5.74) is 8.54. The van der Waals surface area contributed by atoms with Gasteiger partial charge in [-0.15, -0.1) is 0 Å². The number of nitrogens with zero attached hydrogens (tertiary/aromatic N) is 1. The van der Waals surface area contributed by atoms with E-state index in [0.717, 1.165) is 5.92 Å². The third kappa shape index (κ3) is 2.10. The normalized spacial score (nSPS) is 31.8. The Kier molecular flexibility index (Phi) is 3.32. The minimum absolute atomic E-state index is 0.309. The fourth-order valence-corrected chi connectivity index (χ4v) is 5.75. The number of allylic oxidation sites excluding steroid dienone is 3. The summed E-state index contributed by atoms with van der Waals surface area (Å²) in [6.45, 7) is 7.29. The molecule has 3 aliphatic carbocycles. The maximum atomic E-state index is 2.83. The van der Waals surface area contributed by atoms with Gasteiger partial charge in [0.15, 0.2) is 0 Å². The van der Waals surface area contributed by atoms with E-state index < -0.39 is 0 Å². The number of aryl methyl sites for hydroxylation is 1. The minimum Gasteiger partial charge on any atom is -0.296 e. The molecule has 1 aliphatic heterocycles. The first-order valence-corrected chi connectivity index (χ1v) is 9.94. The highest BCUT2D eigenvalue weighted by molar-refractivity contribution is 5.56. The molecule has 0 N–H and O–H groups in total. The molecular weight excluding hydrogens is 290 g/mol. The van der Waals surface area contributed by atoms with Crippen LogP contribution in [0.3, 0.4) is 0 Å². The molecule has 1 heterocycles. The molecule has 1 aromatic carbocycles. The average molecular weight is 319 g/mol. The van der Waals surface area contributed by atoms with E-state index >= 15 is 0 Å². The van der Waals surface area contributed by atoms with Crippen molar-refractivity contribution in [2.45, 2.75) is 63.8 Å². The van der Waals surface area contributed by atoms with Crippen molar-refractivity contribution in [3.05, 3.63) is 58.2 Å². The van der Waals surface area contributed by atoms with E-state index in [4.69, 9.17) is 0 Å². The lowest BCUT2D eigenvalue weighted by Crippen LogP contribution is -2.56. The van der Waals surface area contributed by atoms with Gasteiger partial charge in [-0.25, -0.2) is 0 Å². The fourth-order valence-electron chi connectivity index (χ4n) is 5.75. The molecule has 0 aromatic heterocycles. The maximum Gasteiger partial charge on any atom is 0.0360 e. The predicted molar refractivity (Wildman–Crippen MR) is 100 cm³/mol. The van der Waals surface area contributed by atoms with Crippen molar-refractivity contribution in [3.8, 4) is 0 Å². The molecule has 2 unspecified atom stereocenters. The number of hydrogen-bond donors (Lipinski definition) is 0. The number of benzene rings is 1. The van der Waals surface area contributed by atoms with Gasteiger partial charge in [0.25, 0.3) is 0 Å². The van der Waals surface area contributed by atoms with Gasteiger partial charge in [-0.1, -0.05) is 42.8 Å². The molecule has 2 atom stereocenters. The lowest BCUT2D eigenvalue weighted by Gasteiger charge is -2.55. The van der Waals surface area contributed by atoms with Crippen molar-refractivity contribution in [3.63, 3.8) is 0 Å². The van der Waals surface area contributed by atoms with Crippen LogP contribution >= 0.6 is 0 Å². The topological polar surface area (TPSA) is 3.24 Å². The summed E-state index contributed by atoms with van der Waals surface area (Å²) in [6.07, 6.45) is 12.9. The van der Waals surface area contributed by atoms with Gasteiger partial charge in [-0.05, 0) is 80.2 Å². The SMILES string of the molecule is CCC1=CC=C2C3Cc4cccc(C)c4C2(CCN3CC2CC2)C1. The zero-order chi connectivity index (χ0) is 16.3. The van der Waals surface area contributed by atoms with E-state index in [0.29, 0.717) is 11.5 Å². The summed E-state index contributed by atoms with van der Waals surface area (Å²) >= 11 is 0. The molecule has 1 saturated carbocycles. The second-order valence-corrected chi connectivity index (χ2v) is 8.58. The van der Waals surface area contributed by atoms with Crippen LogP contribution in [-0.4, -0.2) is 24.0 Å². The summed E-state index contributed by atoms with van der Waals surface area (Å²) in [6, 6.07) is 7.69. The molecule has 0 radical (unpaired) electrons. The van der Waals surface area contributed by atoms with Crippen molar-refractivity contribution in [2.75, 3.05) is 13.1 Å². The molecule has 2 fully saturated rings. The second kappa shape index (κ2) is 5.33. The molecule has 5 rings (SSSR count). The first-order chi connectivity index (χ1) is 11.7. The Morgan fingerprint density at radius 1 is 1.21 bits per heavy atom. The lowest BCUT2D eigenvalue weighted by molar-refractivity contribution is 0.129. The summed E-state index contributed by atoms with van der Waals surface area (Å²) in [5.74, 6) is 0.988. The summed E-state index contributed by atoms with van der Waals surface area (Å²) < 4.78 is 0. The Balaban J connectivity index is 1.65. The lowest BCUT2D eigenvalue weighted by atomic mass is 9.56. The van der Waals surface area contributed by atoms with Gasteiger partial charge in [0.2, 0.25) is 0 Å². The van der Waals surface area contributed by atoms with Gasteiger partial charge in [-0.2, -0.15) is 0 Å². The van der Waals surface area contributed by atoms with Crippen LogP contribution in [0.2, 0.25) is 0 Å². The molecule has 0 spiro atoms. The summed E-state index contributed by atoms with van der Waals surface area (Å²) in [7, 11) is 0. The van der Waals surface area contributed by atoms with E-state index in [1.54, 1.807) is 22.3 Å². The van der Waals surface area contributed by atoms with Crippen LogP contribution in [0, 0.1) is 12.8 Å². The van der Waals surface area contributed by atoms with Crippen LogP contribution in [0.1, 0.15) is 55.7 Å². The zero-order valence-corrected chi connectivity index (χ0v) is 15.1. The Morgan fingerprint density at radius 3 is 2.88 bits per heavy atom. The largest absolute Gasteiger partial charge is 0.296 e. The highest BCUT2D eigenvalue weighted by Crippen LogP contribution is 2.55. The van der Waals surface area contributed by atoms with E-state index in [9.17, 15) is 0 Å². The number of fused-ring (bicyclic) bond motifs is 1. The molecule has 2 bridgehead atoms. The molecule has 1 heteroatoms. The Morgan fingerprint density at radius 2 is 2.08 bits per heavy atom. The molecule has 0 amide bonds. The number of hydrogen-bond acceptors (Lipinski definition) is 1. The Hall–Kier alpha value is -1.34. The fraction of sp³-hybridized carbons (Fsp3) is 0.565. The van der Waals surface area contributed by atoms with Crippen LogP contribution in [0.4, 0.5) is 0 Å². The first-order valence-electron chi connectivity index (χ1n) is 9.94. The average Bonchev–Trinajstić information content (AvgIpc) is 3.40. The maximum absolute atomic E-state index is 2.83. The standard InChI is InChI=1S/C23H29N/c1-3-17-9-10-20-21-13-19-6-4-5-16(2)22(19)23(20,14-17)11-12-24(21)15-18-7-8-18/h4-6,9-10,18,21H,3,7-8,11-15H2,1-2H3. The molecule has 1 saturated heterocycles. The van der Waals surface area contributed by atoms with E-state index in [1.165, 1.54) is 57.2 Å². The molecule has 126 valence electrons. The summed E-state index contributed by atoms with van der Waals surface area (Å²) in [5, 5.41) is 0. The van der Waals surface area contributed by atoms with Gasteiger partial charge >= 0.3 is 0 Å². The second-order valence-electron chi connectivity index (χ2n) is 8.58. The van der Waals surface area contributed by atoms with E-state index in [1.807, 2.05) is 0 Å². The van der Waals surface area contributed by atoms with Gasteiger partial charge in [0.1, 0.15) is 0 Å². The first kappa shape index (κ1) is 15.0. The molecule has 24 heavy (non-hydrogen) atoms. The van der Waals surface area contributed by atoms with Gasteiger partial charge in [0, 0.05) is 18.0 Å². The van der Waals surface area contributed by atoms with Crippen molar-refractivity contribution in [2.24, 2.45) is 5.92 Å². The van der Waals surface area contributed by atoms with Gasteiger partial charge < -0.3 is 0 Å². The van der Waals surface area contributed by atoms with Crippen LogP contribution in [0.15, 0.2) is 41.5 Å². The van der Waals surface area contributed by atoms with Crippen molar-refractivity contribution >= 4 is 0 Å². The van der Waals surface area contributed by atoms with Gasteiger partial charge in [0.05, 0.1) is 0 Å². The van der Waals surface area contributed by atoms with Crippen molar-refractivity contribution in [1.29, 1.82) is 0 Å². The number of piperidine rings is 1. The third-order valence-electron chi connectivity index (χ3n) is 7.10. The Labute approximate surface area is 146 Å². The highest BCUT2D eigenvalue weighted by Gasteiger charge is 2.51. The monoisotopic (exact) mass is 319 g/mol. The van der Waals surface area contributed by atoms with Crippen molar-refractivity contribution in [1.82, 2.24) is 4.90 Å². The van der Waals surface area contributed by atoms with E-state index in [-0.39, 0.29) is 0 Å². The zero-order valence-electron chi connectivity index (χ0n) is 15.1. The number of rotatable bonds is 3. The molecule has 1 aromatic rings. The van der Waals surface area contributed by atoms with Crippen LogP contribution < -0.4 is 0 Å². The molecule has 4 aliphatic rings. The molecule has 1 nitrogen and oxygen atoms in total. The number of likely N-dealkylation sites (tertiary alicyclic amines) is 1. The van der Waals surface area contributed by atoms with Crippen LogP contribution in [0.5, 0.6) is 0 Å². The van der Waals surface area contributed by atoms with Gasteiger partial charge in [-0.3, -0.25) is 4.90 Å². The quantitative estimate of drug-likeness (QED) is 0.763. The smallest absolute Gasteiger partial charge is 0.0360 e. The highest BCUT2D eigenvalue weighted by atomic mass is 15.2. The molecular formula is C23H29N. The van der Waals surface area contributed by atoms with Crippen LogP contribution in [-0.2, 0) is 11.8 Å². The third-order valence-corrected chi connectivity index (χ3v) is 7.10. The van der Waals surface area contributed by atoms with Crippen LogP contribution in [0.25, 0.3) is 0 Å².